The highest BCUT2D eigenvalue weighted by atomic mass is 32.2. The number of carbonyl (C=O) groups is 1. The summed E-state index contributed by atoms with van der Waals surface area (Å²) in [5, 5.41) is 0.790. The number of amides is 1. The van der Waals surface area contributed by atoms with E-state index < -0.39 is 0 Å². The summed E-state index contributed by atoms with van der Waals surface area (Å²) in [5.74, 6) is -0.0770. The Bertz CT molecular complexity index is 308. The average Bonchev–Trinajstić information content (AvgIpc) is 2.49. The molecule has 0 aliphatic rings. The molecule has 1 aromatic rings. The van der Waals surface area contributed by atoms with Gasteiger partial charge in [-0.05, 0) is 0 Å². The van der Waals surface area contributed by atoms with E-state index in [0.717, 1.165) is 5.16 Å². The minimum absolute atomic E-state index is 0.258. The van der Waals surface area contributed by atoms with E-state index in [2.05, 4.69) is 11.6 Å². The molecule has 0 radical (unpaired) electrons. The van der Waals surface area contributed by atoms with Crippen molar-refractivity contribution >= 4 is 17.7 Å². The number of thioether (sulfide) groups is 1. The molecule has 0 fully saturated rings. The van der Waals surface area contributed by atoms with Crippen LogP contribution in [-0.4, -0.2) is 21.2 Å². The maximum Gasteiger partial charge on any atom is 0.227 e. The van der Waals surface area contributed by atoms with Crippen LogP contribution in [0.15, 0.2) is 30.2 Å². The summed E-state index contributed by atoms with van der Waals surface area (Å²) in [7, 11) is 0. The third-order valence-electron chi connectivity index (χ3n) is 1.35. The molecule has 0 spiro atoms. The molecule has 1 amide bonds. The molecule has 0 bridgehead atoms. The predicted octanol–water partition coefficient (Wildman–Crippen LogP) is 0.646. The van der Waals surface area contributed by atoms with Gasteiger partial charge in [-0.15, -0.1) is 6.58 Å². The topological polar surface area (TPSA) is 60.9 Å². The number of hydrogen-bond acceptors (Lipinski definition) is 3. The van der Waals surface area contributed by atoms with Crippen LogP contribution in [0.5, 0.6) is 0 Å². The molecule has 0 unspecified atom stereocenters. The Morgan fingerprint density at radius 2 is 2.62 bits per heavy atom. The fourth-order valence-corrected chi connectivity index (χ4v) is 1.56. The van der Waals surface area contributed by atoms with Crippen LogP contribution in [0.1, 0.15) is 0 Å². The van der Waals surface area contributed by atoms with Crippen LogP contribution in [0.3, 0.4) is 0 Å². The number of rotatable bonds is 5. The molecule has 0 aromatic carbocycles. The molecule has 0 saturated heterocycles. The highest BCUT2D eigenvalue weighted by Gasteiger charge is 2.03. The van der Waals surface area contributed by atoms with Crippen molar-refractivity contribution in [3.63, 3.8) is 0 Å². The number of primary amides is 1. The summed E-state index contributed by atoms with van der Waals surface area (Å²) < 4.78 is 1.90. The molecular weight excluding hydrogens is 186 g/mol. The molecule has 13 heavy (non-hydrogen) atoms. The van der Waals surface area contributed by atoms with Crippen molar-refractivity contribution in [2.24, 2.45) is 5.73 Å². The Balaban J connectivity index is 2.59. The molecule has 70 valence electrons. The summed E-state index contributed by atoms with van der Waals surface area (Å²) in [5.41, 5.74) is 5.02. The van der Waals surface area contributed by atoms with E-state index in [9.17, 15) is 4.79 Å². The Morgan fingerprint density at radius 3 is 3.23 bits per heavy atom. The smallest absolute Gasteiger partial charge is 0.227 e. The lowest BCUT2D eigenvalue weighted by Gasteiger charge is -2.01. The summed E-state index contributed by atoms with van der Waals surface area (Å²) in [6, 6.07) is 0. The van der Waals surface area contributed by atoms with Crippen LogP contribution in [0.2, 0.25) is 0 Å². The Kier molecular flexibility index (Phi) is 3.57. The number of hydrogen-bond donors (Lipinski definition) is 1. The van der Waals surface area contributed by atoms with Crippen LogP contribution in [-0.2, 0) is 11.3 Å². The predicted molar refractivity (Wildman–Crippen MR) is 52.3 cm³/mol. The van der Waals surface area contributed by atoms with E-state index in [0.29, 0.717) is 6.54 Å². The normalized spacial score (nSPS) is 9.85. The highest BCUT2D eigenvalue weighted by molar-refractivity contribution is 7.99. The standard InChI is InChI=1S/C8H11N3OS/c1-2-4-11-5-3-10-8(11)13-6-7(9)12/h2-3,5H,1,4,6H2,(H2,9,12). The molecule has 1 rings (SSSR count). The van der Waals surface area contributed by atoms with Gasteiger partial charge in [0.1, 0.15) is 0 Å². The van der Waals surface area contributed by atoms with Gasteiger partial charge < -0.3 is 10.3 Å². The summed E-state index contributed by atoms with van der Waals surface area (Å²) >= 11 is 1.33. The molecule has 2 N–H and O–H groups in total. The number of aromatic nitrogens is 2. The van der Waals surface area contributed by atoms with Gasteiger partial charge in [0, 0.05) is 18.9 Å². The molecule has 0 atom stereocenters. The van der Waals surface area contributed by atoms with Crippen molar-refractivity contribution in [2.75, 3.05) is 5.75 Å². The second kappa shape index (κ2) is 4.71. The van der Waals surface area contributed by atoms with E-state index >= 15 is 0 Å². The van der Waals surface area contributed by atoms with Crippen molar-refractivity contribution in [1.29, 1.82) is 0 Å². The molecule has 0 aliphatic carbocycles. The fourth-order valence-electron chi connectivity index (χ4n) is 0.849. The molecule has 5 heteroatoms. The second-order valence-corrected chi connectivity index (χ2v) is 3.35. The highest BCUT2D eigenvalue weighted by Crippen LogP contribution is 2.14. The largest absolute Gasteiger partial charge is 0.369 e. The van der Waals surface area contributed by atoms with Gasteiger partial charge in [0.05, 0.1) is 5.75 Å². The number of nitrogens with zero attached hydrogens (tertiary/aromatic N) is 2. The van der Waals surface area contributed by atoms with Crippen molar-refractivity contribution < 1.29 is 4.79 Å². The van der Waals surface area contributed by atoms with Gasteiger partial charge >= 0.3 is 0 Å². The second-order valence-electron chi connectivity index (χ2n) is 2.41. The number of nitrogens with two attached hydrogens (primary N) is 1. The first-order chi connectivity index (χ1) is 6.24. The van der Waals surface area contributed by atoms with E-state index in [-0.39, 0.29) is 11.7 Å². The van der Waals surface area contributed by atoms with Gasteiger partial charge in [0.15, 0.2) is 5.16 Å². The minimum Gasteiger partial charge on any atom is -0.369 e. The maximum atomic E-state index is 10.5. The molecule has 0 aliphatic heterocycles. The van der Waals surface area contributed by atoms with Gasteiger partial charge in [-0.25, -0.2) is 4.98 Å². The third kappa shape index (κ3) is 2.95. The Morgan fingerprint density at radius 1 is 1.85 bits per heavy atom. The minimum atomic E-state index is -0.335. The van der Waals surface area contributed by atoms with Crippen LogP contribution in [0.4, 0.5) is 0 Å². The Hall–Kier alpha value is -1.23. The van der Waals surface area contributed by atoms with E-state index in [1.54, 1.807) is 12.3 Å². The van der Waals surface area contributed by atoms with Crippen LogP contribution >= 0.6 is 11.8 Å². The van der Waals surface area contributed by atoms with Crippen molar-refractivity contribution in [3.05, 3.63) is 25.0 Å². The van der Waals surface area contributed by atoms with Gasteiger partial charge in [0.25, 0.3) is 0 Å². The van der Waals surface area contributed by atoms with Crippen LogP contribution < -0.4 is 5.73 Å². The molecular formula is C8H11N3OS. The average molecular weight is 197 g/mol. The van der Waals surface area contributed by atoms with E-state index in [4.69, 9.17) is 5.73 Å². The lowest BCUT2D eigenvalue weighted by Crippen LogP contribution is -2.13. The first-order valence-corrected chi connectivity index (χ1v) is 4.75. The quantitative estimate of drug-likeness (QED) is 0.557. The molecule has 4 nitrogen and oxygen atoms in total. The fraction of sp³-hybridized carbons (Fsp3) is 0.250. The first kappa shape index (κ1) is 9.85. The van der Waals surface area contributed by atoms with Crippen LogP contribution in [0, 0.1) is 0 Å². The first-order valence-electron chi connectivity index (χ1n) is 3.77. The lowest BCUT2D eigenvalue weighted by atomic mass is 10.6. The van der Waals surface area contributed by atoms with Gasteiger partial charge in [-0.2, -0.15) is 0 Å². The molecule has 0 saturated carbocycles. The Labute approximate surface area is 80.8 Å². The van der Waals surface area contributed by atoms with Gasteiger partial charge in [-0.3, -0.25) is 4.79 Å². The monoisotopic (exact) mass is 197 g/mol. The molecule has 1 heterocycles. The molecule has 1 aromatic heterocycles. The van der Waals surface area contributed by atoms with Crippen molar-refractivity contribution in [3.8, 4) is 0 Å². The SMILES string of the molecule is C=CCn1ccnc1SCC(N)=O. The van der Waals surface area contributed by atoms with Crippen molar-refractivity contribution in [1.82, 2.24) is 9.55 Å². The zero-order chi connectivity index (χ0) is 9.68. The zero-order valence-electron chi connectivity index (χ0n) is 7.14. The van der Waals surface area contributed by atoms with Crippen molar-refractivity contribution in [2.45, 2.75) is 11.7 Å². The third-order valence-corrected chi connectivity index (χ3v) is 2.37. The maximum absolute atomic E-state index is 10.5. The number of allylic oxidation sites excluding steroid dienone is 1. The number of carbonyl (C=O) groups excluding carboxylic acids is 1. The lowest BCUT2D eigenvalue weighted by molar-refractivity contribution is -0.115. The van der Waals surface area contributed by atoms with Gasteiger partial charge in [-0.1, -0.05) is 17.8 Å². The zero-order valence-corrected chi connectivity index (χ0v) is 7.96. The summed E-state index contributed by atoms with van der Waals surface area (Å²) in [6.45, 7) is 4.32. The summed E-state index contributed by atoms with van der Waals surface area (Å²) in [6.07, 6.45) is 5.30. The van der Waals surface area contributed by atoms with Crippen LogP contribution in [0.25, 0.3) is 0 Å². The van der Waals surface area contributed by atoms with E-state index in [1.165, 1.54) is 11.8 Å². The van der Waals surface area contributed by atoms with E-state index in [1.807, 2.05) is 10.8 Å². The van der Waals surface area contributed by atoms with Gasteiger partial charge in [0.2, 0.25) is 5.91 Å². The number of imidazole rings is 1. The summed E-state index contributed by atoms with van der Waals surface area (Å²) in [4.78, 5) is 14.6.